The van der Waals surface area contributed by atoms with E-state index in [0.29, 0.717) is 0 Å². The number of hydrogen-bond donors (Lipinski definition) is 0. The molecule has 11 aromatic carbocycles. The van der Waals surface area contributed by atoms with Crippen LogP contribution in [0.5, 0.6) is 0 Å². The molecule has 4 aliphatic rings. The minimum absolute atomic E-state index is 0.00453. The lowest BCUT2D eigenvalue weighted by molar-refractivity contribution is 0.795. The van der Waals surface area contributed by atoms with Crippen LogP contribution >= 0.6 is 68.7 Å². The van der Waals surface area contributed by atoms with E-state index in [4.69, 9.17) is 0 Å². The van der Waals surface area contributed by atoms with E-state index < -0.39 is 0 Å². The van der Waals surface area contributed by atoms with E-state index in [-0.39, 0.29) is 13.4 Å². The molecular formula is C74H58B2I2N4S2. The first-order valence-electron chi connectivity index (χ1n) is 29.5. The van der Waals surface area contributed by atoms with Crippen molar-refractivity contribution in [3.63, 3.8) is 0 Å². The molecule has 15 rings (SSSR count). The fourth-order valence-corrected chi connectivity index (χ4v) is 16.5. The monoisotopic (exact) mass is 1340 g/mol. The van der Waals surface area contributed by atoms with E-state index >= 15 is 0 Å². The second kappa shape index (κ2) is 22.7. The van der Waals surface area contributed by atoms with Crippen LogP contribution in [0.2, 0.25) is 0 Å². The predicted octanol–water partition coefficient (Wildman–Crippen LogP) is 18.0. The molecule has 0 bridgehead atoms. The molecule has 11 aromatic rings. The van der Waals surface area contributed by atoms with Gasteiger partial charge in [0.15, 0.2) is 0 Å². The summed E-state index contributed by atoms with van der Waals surface area (Å²) in [5.41, 5.74) is 24.9. The summed E-state index contributed by atoms with van der Waals surface area (Å²) in [4.78, 5) is 15.2. The van der Waals surface area contributed by atoms with E-state index in [2.05, 4.69) is 321 Å². The van der Waals surface area contributed by atoms with Crippen LogP contribution in [-0.4, -0.2) is 13.4 Å². The molecule has 0 unspecified atom stereocenters. The molecular weight excluding hydrogens is 1280 g/mol. The highest BCUT2D eigenvalue weighted by Crippen LogP contribution is 2.50. The summed E-state index contributed by atoms with van der Waals surface area (Å²) >= 11 is 8.75. The van der Waals surface area contributed by atoms with Crippen molar-refractivity contribution in [1.29, 1.82) is 0 Å². The Hall–Kier alpha value is -7.09. The third kappa shape index (κ3) is 9.56. The number of fused-ring (bicyclic) bond motifs is 8. The molecule has 4 nitrogen and oxygen atoms in total. The van der Waals surface area contributed by atoms with Gasteiger partial charge in [0.1, 0.15) is 0 Å². The molecule has 0 aliphatic carbocycles. The van der Waals surface area contributed by atoms with Gasteiger partial charge in [-0.1, -0.05) is 164 Å². The van der Waals surface area contributed by atoms with Gasteiger partial charge in [0, 0.05) is 95.0 Å². The number of nitrogens with zero attached hydrogens (tertiary/aromatic N) is 4. The summed E-state index contributed by atoms with van der Waals surface area (Å²) < 4.78 is 2.43. The quantitative estimate of drug-likeness (QED) is 0.0789. The summed E-state index contributed by atoms with van der Waals surface area (Å²) in [6, 6.07) is 92.2. The van der Waals surface area contributed by atoms with Crippen molar-refractivity contribution >= 4 is 183 Å². The Morgan fingerprint density at radius 3 is 1.11 bits per heavy atom. The number of rotatable bonds is 14. The number of benzene rings is 11. The van der Waals surface area contributed by atoms with Gasteiger partial charge in [0.2, 0.25) is 13.4 Å². The van der Waals surface area contributed by atoms with Crippen molar-refractivity contribution in [2.45, 2.75) is 72.0 Å². The Balaban J connectivity index is 0.939. The van der Waals surface area contributed by atoms with Gasteiger partial charge in [-0.25, -0.2) is 0 Å². The van der Waals surface area contributed by atoms with Gasteiger partial charge >= 0.3 is 0 Å². The van der Waals surface area contributed by atoms with E-state index in [1.165, 1.54) is 119 Å². The lowest BCUT2D eigenvalue weighted by Crippen LogP contribution is -2.63. The molecule has 0 saturated heterocycles. The smallest absolute Gasteiger partial charge is 0.249 e. The maximum absolute atomic E-state index is 2.64. The van der Waals surface area contributed by atoms with Gasteiger partial charge in [-0.05, 0) is 243 Å². The lowest BCUT2D eigenvalue weighted by atomic mass is 9.32. The normalized spacial score (nSPS) is 13.1. The molecule has 0 amide bonds. The molecule has 0 atom stereocenters. The molecule has 0 fully saturated rings. The molecule has 406 valence electrons. The fourth-order valence-electron chi connectivity index (χ4n) is 13.3. The molecule has 0 N–H and O–H groups in total. The Morgan fingerprint density at radius 2 is 0.714 bits per heavy atom. The predicted molar refractivity (Wildman–Crippen MR) is 378 cm³/mol. The topological polar surface area (TPSA) is 13.0 Å². The second-order valence-electron chi connectivity index (χ2n) is 22.4. The number of unbranched alkanes of at least 4 members (excludes halogenated alkanes) is 2. The molecule has 0 radical (unpaired) electrons. The second-order valence-corrected chi connectivity index (χ2v) is 27.0. The van der Waals surface area contributed by atoms with E-state index in [1.54, 1.807) is 0 Å². The zero-order valence-electron chi connectivity index (χ0n) is 46.9. The number of para-hydroxylation sites is 4. The largest absolute Gasteiger partial charge is 0.311 e. The van der Waals surface area contributed by atoms with Gasteiger partial charge in [0.25, 0.3) is 0 Å². The highest BCUT2D eigenvalue weighted by atomic mass is 127. The van der Waals surface area contributed by atoms with Crippen molar-refractivity contribution in [1.82, 2.24) is 0 Å². The maximum Gasteiger partial charge on any atom is 0.249 e. The Bertz CT molecular complexity index is 4010. The number of hydrogen-bond acceptors (Lipinski definition) is 6. The fraction of sp³-hybridized carbons (Fsp3) is 0.108. The Kier molecular flexibility index (Phi) is 14.5. The van der Waals surface area contributed by atoms with Crippen molar-refractivity contribution in [3.8, 4) is 0 Å². The van der Waals surface area contributed by atoms with Gasteiger partial charge in [-0.2, -0.15) is 0 Å². The first kappa shape index (κ1) is 53.6. The van der Waals surface area contributed by atoms with Crippen molar-refractivity contribution < 1.29 is 0 Å². The molecule has 84 heavy (non-hydrogen) atoms. The SMILES string of the molecule is CCCCc1ccc(N(c2ccc(I)cc2)c2cc3c4c(c2)N(c2ccccc2)c2ccccc2B4c2cc4c(cc2S3)Sc2cc(N(c3ccc(I)cc3)c3ccc(CCCC)cc3)cc3c2B4c2ccccc2N3c2ccccc2)cc1. The lowest BCUT2D eigenvalue weighted by Gasteiger charge is -2.43. The summed E-state index contributed by atoms with van der Waals surface area (Å²) in [6.45, 7) is 4.54. The van der Waals surface area contributed by atoms with Crippen molar-refractivity contribution in [2.75, 3.05) is 19.6 Å². The van der Waals surface area contributed by atoms with Gasteiger partial charge < -0.3 is 19.6 Å². The third-order valence-electron chi connectivity index (χ3n) is 17.2. The summed E-state index contributed by atoms with van der Waals surface area (Å²) in [7, 11) is 0. The summed E-state index contributed by atoms with van der Waals surface area (Å²) in [5.74, 6) is 0. The van der Waals surface area contributed by atoms with Crippen LogP contribution in [-0.2, 0) is 12.8 Å². The Labute approximate surface area is 530 Å². The van der Waals surface area contributed by atoms with E-state index in [9.17, 15) is 0 Å². The van der Waals surface area contributed by atoms with Crippen LogP contribution < -0.4 is 52.4 Å². The molecule has 4 aliphatic heterocycles. The highest BCUT2D eigenvalue weighted by Gasteiger charge is 2.46. The molecule has 10 heteroatoms. The molecule has 4 heterocycles. The average molecular weight is 1340 g/mol. The first-order valence-corrected chi connectivity index (χ1v) is 33.2. The van der Waals surface area contributed by atoms with Crippen LogP contribution in [0.4, 0.5) is 68.2 Å². The van der Waals surface area contributed by atoms with Crippen LogP contribution in [0.3, 0.4) is 0 Å². The number of anilines is 12. The molecule has 0 saturated carbocycles. The van der Waals surface area contributed by atoms with Gasteiger partial charge in [0.05, 0.1) is 0 Å². The minimum atomic E-state index is -0.00453. The van der Waals surface area contributed by atoms with Gasteiger partial charge in [-0.15, -0.1) is 0 Å². The van der Waals surface area contributed by atoms with Crippen LogP contribution in [0.25, 0.3) is 0 Å². The number of halogens is 2. The van der Waals surface area contributed by atoms with Gasteiger partial charge in [-0.3, -0.25) is 0 Å². The average Bonchev–Trinajstić information content (AvgIpc) is 1.91. The van der Waals surface area contributed by atoms with Crippen molar-refractivity contribution in [2.24, 2.45) is 0 Å². The van der Waals surface area contributed by atoms with E-state index in [0.717, 1.165) is 58.3 Å². The number of aryl methyl sites for hydroxylation is 2. The van der Waals surface area contributed by atoms with Crippen LogP contribution in [0.15, 0.2) is 262 Å². The summed E-state index contributed by atoms with van der Waals surface area (Å²) in [5, 5.41) is 0. The van der Waals surface area contributed by atoms with Crippen LogP contribution in [0, 0.1) is 7.14 Å². The van der Waals surface area contributed by atoms with Crippen molar-refractivity contribution in [3.05, 3.63) is 261 Å². The molecule has 0 aromatic heterocycles. The first-order chi connectivity index (χ1) is 41.4. The highest BCUT2D eigenvalue weighted by molar-refractivity contribution is 14.1. The zero-order chi connectivity index (χ0) is 56.4. The Morgan fingerprint density at radius 1 is 0.345 bits per heavy atom. The standard InChI is InChI=1S/C74H58B2I2N4S2/c1-3-5-17-49-27-35-55(36-28-49)79(57-39-31-51(77)32-40-57)59-43-67-73-71(45-59)83-69-48-70-64(47-63(69)75(73)61-23-13-15-25-65(61)81(67)53-19-9-7-10-20-53)76-62-24-14-16-26-66(62)82(54-21-11-8-12-22-54)68-44-60(46-72(84-70)74(68)76)80(58-41-33-52(78)34-42-58)56-37-29-50(30-38-56)18-6-4-2/h7-16,19-48H,3-6,17-18H2,1-2H3. The van der Waals surface area contributed by atoms with E-state index in [1.807, 2.05) is 23.5 Å². The third-order valence-corrected chi connectivity index (χ3v) is 20.9. The van der Waals surface area contributed by atoms with Crippen LogP contribution in [0.1, 0.15) is 50.7 Å². The zero-order valence-corrected chi connectivity index (χ0v) is 52.8. The maximum atomic E-state index is 2.64. The minimum Gasteiger partial charge on any atom is -0.311 e. The summed E-state index contributed by atoms with van der Waals surface area (Å²) in [6.07, 6.45) is 6.89. The molecule has 0 spiro atoms.